The van der Waals surface area contributed by atoms with Crippen LogP contribution >= 0.6 is 0 Å². The molecule has 1 aromatic rings. The molecule has 0 aliphatic heterocycles. The summed E-state index contributed by atoms with van der Waals surface area (Å²) in [5.41, 5.74) is 7.50. The Kier molecular flexibility index (Phi) is 4.06. The molecule has 0 unspecified atom stereocenters. The maximum Gasteiger partial charge on any atom is 0.0871 e. The summed E-state index contributed by atoms with van der Waals surface area (Å²) in [7, 11) is 1.72. The van der Waals surface area contributed by atoms with Gasteiger partial charge in [0.15, 0.2) is 0 Å². The van der Waals surface area contributed by atoms with Crippen LogP contribution < -0.4 is 5.73 Å². The lowest BCUT2D eigenvalue weighted by Crippen LogP contribution is -2.19. The Hall–Kier alpha value is -1.12. The van der Waals surface area contributed by atoms with Gasteiger partial charge in [0.05, 0.1) is 5.60 Å². The highest BCUT2D eigenvalue weighted by Gasteiger charge is 2.18. The molecule has 0 atom stereocenters. The van der Waals surface area contributed by atoms with Crippen molar-refractivity contribution in [2.24, 2.45) is 5.73 Å². The molecular formula is C13H19NO. The van der Waals surface area contributed by atoms with Gasteiger partial charge in [0.2, 0.25) is 0 Å². The maximum absolute atomic E-state index is 5.43. The van der Waals surface area contributed by atoms with Crippen LogP contribution in [0.5, 0.6) is 0 Å². The first-order chi connectivity index (χ1) is 7.10. The zero-order chi connectivity index (χ0) is 11.3. The third kappa shape index (κ3) is 3.18. The normalized spacial score (nSPS) is 12.3. The highest BCUT2D eigenvalue weighted by molar-refractivity contribution is 5.51. The molecule has 82 valence electrons. The van der Waals surface area contributed by atoms with E-state index >= 15 is 0 Å². The van der Waals surface area contributed by atoms with Gasteiger partial charge in [-0.3, -0.25) is 0 Å². The van der Waals surface area contributed by atoms with Crippen molar-refractivity contribution in [1.82, 2.24) is 0 Å². The molecule has 15 heavy (non-hydrogen) atoms. The summed E-state index contributed by atoms with van der Waals surface area (Å²) in [5, 5.41) is 0. The van der Waals surface area contributed by atoms with E-state index in [0.717, 1.165) is 5.56 Å². The smallest absolute Gasteiger partial charge is 0.0871 e. The second kappa shape index (κ2) is 5.10. The molecule has 2 heteroatoms. The van der Waals surface area contributed by atoms with E-state index in [4.69, 9.17) is 10.5 Å². The van der Waals surface area contributed by atoms with Crippen molar-refractivity contribution in [3.8, 4) is 0 Å². The van der Waals surface area contributed by atoms with Crippen molar-refractivity contribution in [1.29, 1.82) is 0 Å². The van der Waals surface area contributed by atoms with Crippen LogP contribution in [0.15, 0.2) is 30.3 Å². The van der Waals surface area contributed by atoms with E-state index in [1.54, 1.807) is 7.11 Å². The lowest BCUT2D eigenvalue weighted by molar-refractivity contribution is 0.0192. The van der Waals surface area contributed by atoms with Crippen LogP contribution in [0.4, 0.5) is 0 Å². The van der Waals surface area contributed by atoms with Gasteiger partial charge in [0.25, 0.3) is 0 Å². The Balaban J connectivity index is 2.97. The van der Waals surface area contributed by atoms with Crippen LogP contribution in [0.1, 0.15) is 25.0 Å². The second-order valence-corrected chi connectivity index (χ2v) is 3.98. The van der Waals surface area contributed by atoms with Gasteiger partial charge in [-0.2, -0.15) is 0 Å². The molecule has 0 saturated heterocycles. The molecule has 0 fully saturated rings. The lowest BCUT2D eigenvalue weighted by Gasteiger charge is -2.23. The predicted octanol–water partition coefficient (Wildman–Crippen LogP) is 2.54. The van der Waals surface area contributed by atoms with E-state index in [2.05, 4.69) is 32.0 Å². The van der Waals surface area contributed by atoms with Crippen molar-refractivity contribution in [2.45, 2.75) is 19.4 Å². The van der Waals surface area contributed by atoms with Crippen LogP contribution in [-0.2, 0) is 10.3 Å². The van der Waals surface area contributed by atoms with E-state index < -0.39 is 0 Å². The zero-order valence-electron chi connectivity index (χ0n) is 9.66. The Morgan fingerprint density at radius 2 is 2.13 bits per heavy atom. The van der Waals surface area contributed by atoms with Crippen LogP contribution in [0.3, 0.4) is 0 Å². The molecule has 0 aliphatic rings. The predicted molar refractivity (Wildman–Crippen MR) is 64.6 cm³/mol. The summed E-state index contributed by atoms with van der Waals surface area (Å²) in [5.74, 6) is 0. The zero-order valence-corrected chi connectivity index (χ0v) is 9.66. The molecule has 0 saturated carbocycles. The number of rotatable bonds is 4. The molecule has 0 radical (unpaired) electrons. The minimum atomic E-state index is -0.243. The molecule has 0 amide bonds. The highest BCUT2D eigenvalue weighted by atomic mass is 16.5. The van der Waals surface area contributed by atoms with Crippen molar-refractivity contribution >= 4 is 6.08 Å². The van der Waals surface area contributed by atoms with Crippen LogP contribution in [0.2, 0.25) is 0 Å². The van der Waals surface area contributed by atoms with Crippen molar-refractivity contribution in [3.05, 3.63) is 41.5 Å². The van der Waals surface area contributed by atoms with Gasteiger partial charge in [-0.15, -0.1) is 0 Å². The average molecular weight is 205 g/mol. The molecule has 1 rings (SSSR count). The summed E-state index contributed by atoms with van der Waals surface area (Å²) < 4.78 is 5.43. The maximum atomic E-state index is 5.43. The molecular weight excluding hydrogens is 186 g/mol. The summed E-state index contributed by atoms with van der Waals surface area (Å²) in [4.78, 5) is 0. The number of hydrogen-bond acceptors (Lipinski definition) is 2. The van der Waals surface area contributed by atoms with Gasteiger partial charge in [-0.05, 0) is 31.0 Å². The molecule has 0 heterocycles. The lowest BCUT2D eigenvalue weighted by atomic mass is 9.96. The molecule has 1 aromatic carbocycles. The Bertz CT molecular complexity index is 342. The minimum Gasteiger partial charge on any atom is -0.374 e. The number of hydrogen-bond donors (Lipinski definition) is 1. The summed E-state index contributed by atoms with van der Waals surface area (Å²) in [6.45, 7) is 4.68. The third-order valence-electron chi connectivity index (χ3n) is 2.54. The van der Waals surface area contributed by atoms with E-state index in [1.165, 1.54) is 5.56 Å². The largest absolute Gasteiger partial charge is 0.374 e. The molecule has 0 bridgehead atoms. The molecule has 0 aliphatic carbocycles. The standard InChI is InChI=1S/C13H19NO/c1-13(2,15-3)12-8-4-6-11(10-12)7-5-9-14/h4-8,10H,9,14H2,1-3H3/b7-5+. The number of ether oxygens (including phenoxy) is 1. The van der Waals surface area contributed by atoms with Crippen molar-refractivity contribution < 1.29 is 4.74 Å². The molecule has 2 N–H and O–H groups in total. The quantitative estimate of drug-likeness (QED) is 0.819. The molecule has 0 aromatic heterocycles. The van der Waals surface area contributed by atoms with Crippen molar-refractivity contribution in [2.75, 3.05) is 13.7 Å². The second-order valence-electron chi connectivity index (χ2n) is 3.98. The Morgan fingerprint density at radius 3 is 2.73 bits per heavy atom. The van der Waals surface area contributed by atoms with Gasteiger partial charge >= 0.3 is 0 Å². The fourth-order valence-electron chi connectivity index (χ4n) is 1.34. The fraction of sp³-hybridized carbons (Fsp3) is 0.385. The number of benzene rings is 1. The average Bonchev–Trinajstić information content (AvgIpc) is 2.27. The fourth-order valence-corrected chi connectivity index (χ4v) is 1.34. The van der Waals surface area contributed by atoms with E-state index in [0.29, 0.717) is 6.54 Å². The first-order valence-electron chi connectivity index (χ1n) is 5.12. The number of methoxy groups -OCH3 is 1. The van der Waals surface area contributed by atoms with Gasteiger partial charge in [-0.25, -0.2) is 0 Å². The Morgan fingerprint density at radius 1 is 1.40 bits per heavy atom. The monoisotopic (exact) mass is 205 g/mol. The van der Waals surface area contributed by atoms with Crippen LogP contribution in [-0.4, -0.2) is 13.7 Å². The van der Waals surface area contributed by atoms with Gasteiger partial charge in [0.1, 0.15) is 0 Å². The van der Waals surface area contributed by atoms with E-state index in [9.17, 15) is 0 Å². The third-order valence-corrected chi connectivity index (χ3v) is 2.54. The minimum absolute atomic E-state index is 0.243. The van der Waals surface area contributed by atoms with Gasteiger partial charge in [-0.1, -0.05) is 30.4 Å². The summed E-state index contributed by atoms with van der Waals surface area (Å²) in [6, 6.07) is 8.28. The van der Waals surface area contributed by atoms with Crippen molar-refractivity contribution in [3.63, 3.8) is 0 Å². The first-order valence-corrected chi connectivity index (χ1v) is 5.12. The van der Waals surface area contributed by atoms with E-state index in [1.807, 2.05) is 18.2 Å². The number of nitrogens with two attached hydrogens (primary N) is 1. The molecule has 0 spiro atoms. The SMILES string of the molecule is COC(C)(C)c1cccc(/C=C/CN)c1. The summed E-state index contributed by atoms with van der Waals surface area (Å²) >= 11 is 0. The van der Waals surface area contributed by atoms with Gasteiger partial charge < -0.3 is 10.5 Å². The topological polar surface area (TPSA) is 35.2 Å². The van der Waals surface area contributed by atoms with Crippen LogP contribution in [0, 0.1) is 0 Å². The summed E-state index contributed by atoms with van der Waals surface area (Å²) in [6.07, 6.45) is 3.97. The Labute approximate surface area is 91.7 Å². The van der Waals surface area contributed by atoms with Gasteiger partial charge in [0, 0.05) is 13.7 Å². The van der Waals surface area contributed by atoms with E-state index in [-0.39, 0.29) is 5.60 Å². The first kappa shape index (κ1) is 12.0. The van der Waals surface area contributed by atoms with Crippen LogP contribution in [0.25, 0.3) is 6.08 Å². The highest BCUT2D eigenvalue weighted by Crippen LogP contribution is 2.24. The molecule has 2 nitrogen and oxygen atoms in total.